The number of hydrogen-bond donors (Lipinski definition) is 0. The van der Waals surface area contributed by atoms with Crippen molar-refractivity contribution in [1.82, 2.24) is 0 Å². The van der Waals surface area contributed by atoms with Crippen LogP contribution < -0.4 is 9.47 Å². The second-order valence-corrected chi connectivity index (χ2v) is 3.46. The molecule has 18 heavy (non-hydrogen) atoms. The van der Waals surface area contributed by atoms with Gasteiger partial charge in [0.25, 0.3) is 0 Å². The molecule has 98 valence electrons. The number of nitriles is 1. The van der Waals surface area contributed by atoms with Gasteiger partial charge in [-0.1, -0.05) is 0 Å². The molecule has 0 aliphatic carbocycles. The Kier molecular flexibility index (Phi) is 6.62. The molecule has 0 bridgehead atoms. The summed E-state index contributed by atoms with van der Waals surface area (Å²) >= 11 is 0. The normalized spacial score (nSPS) is 9.83. The number of rotatable bonds is 8. The van der Waals surface area contributed by atoms with Gasteiger partial charge in [0, 0.05) is 20.3 Å². The number of benzene rings is 1. The lowest BCUT2D eigenvalue weighted by Gasteiger charge is -2.12. The first-order valence-electron chi connectivity index (χ1n) is 5.59. The van der Waals surface area contributed by atoms with Gasteiger partial charge in [-0.05, 0) is 12.1 Å². The van der Waals surface area contributed by atoms with E-state index in [4.69, 9.17) is 24.2 Å². The van der Waals surface area contributed by atoms with E-state index in [-0.39, 0.29) is 0 Å². The minimum Gasteiger partial charge on any atom is -0.487 e. The summed E-state index contributed by atoms with van der Waals surface area (Å²) in [7, 11) is 3.21. The zero-order chi connectivity index (χ0) is 13.2. The standard InChI is InChI=1S/C13H17NO4/c1-15-5-7-17-12-4-3-11(10-14)9-13(12)18-8-6-16-2/h3-4,9H,5-8H2,1-2H3. The molecule has 0 aromatic heterocycles. The molecular formula is C13H17NO4. The van der Waals surface area contributed by atoms with Crippen LogP contribution in [0.2, 0.25) is 0 Å². The van der Waals surface area contributed by atoms with Gasteiger partial charge in [-0.25, -0.2) is 0 Å². The Morgan fingerprint density at radius 1 is 0.944 bits per heavy atom. The lowest BCUT2D eigenvalue weighted by molar-refractivity contribution is 0.132. The molecule has 0 radical (unpaired) electrons. The van der Waals surface area contributed by atoms with Crippen molar-refractivity contribution < 1.29 is 18.9 Å². The van der Waals surface area contributed by atoms with E-state index >= 15 is 0 Å². The SMILES string of the molecule is COCCOc1ccc(C#N)cc1OCCOC. The second-order valence-electron chi connectivity index (χ2n) is 3.46. The third-order valence-corrected chi connectivity index (χ3v) is 2.16. The van der Waals surface area contributed by atoms with Gasteiger partial charge >= 0.3 is 0 Å². The largest absolute Gasteiger partial charge is 0.487 e. The van der Waals surface area contributed by atoms with Crippen molar-refractivity contribution in [3.05, 3.63) is 23.8 Å². The van der Waals surface area contributed by atoms with Crippen molar-refractivity contribution in [3.63, 3.8) is 0 Å². The van der Waals surface area contributed by atoms with Crippen LogP contribution in [0.4, 0.5) is 0 Å². The lowest BCUT2D eigenvalue weighted by atomic mass is 10.2. The van der Waals surface area contributed by atoms with Crippen molar-refractivity contribution in [2.24, 2.45) is 0 Å². The third kappa shape index (κ3) is 4.62. The van der Waals surface area contributed by atoms with Crippen LogP contribution in [-0.4, -0.2) is 40.6 Å². The Labute approximate surface area is 107 Å². The highest BCUT2D eigenvalue weighted by Gasteiger charge is 2.06. The molecule has 0 spiro atoms. The molecule has 0 aliphatic heterocycles. The molecule has 0 aliphatic rings. The predicted octanol–water partition coefficient (Wildman–Crippen LogP) is 1.61. The fourth-order valence-electron chi connectivity index (χ4n) is 1.28. The molecular weight excluding hydrogens is 234 g/mol. The van der Waals surface area contributed by atoms with Crippen LogP contribution in [0.5, 0.6) is 11.5 Å². The maximum atomic E-state index is 8.85. The van der Waals surface area contributed by atoms with Gasteiger partial charge in [-0.15, -0.1) is 0 Å². The first-order chi connectivity index (χ1) is 8.81. The number of ether oxygens (including phenoxy) is 4. The summed E-state index contributed by atoms with van der Waals surface area (Å²) in [6.07, 6.45) is 0. The molecule has 0 saturated heterocycles. The van der Waals surface area contributed by atoms with E-state index in [1.165, 1.54) is 0 Å². The predicted molar refractivity (Wildman–Crippen MR) is 65.9 cm³/mol. The van der Waals surface area contributed by atoms with Gasteiger partial charge in [0.05, 0.1) is 24.8 Å². The summed E-state index contributed by atoms with van der Waals surface area (Å²) in [5.41, 5.74) is 0.529. The Hall–Kier alpha value is -1.77. The van der Waals surface area contributed by atoms with Crippen LogP contribution in [-0.2, 0) is 9.47 Å². The van der Waals surface area contributed by atoms with Crippen LogP contribution in [0.25, 0.3) is 0 Å². The van der Waals surface area contributed by atoms with E-state index in [1.807, 2.05) is 0 Å². The molecule has 0 amide bonds. The molecule has 0 fully saturated rings. The van der Waals surface area contributed by atoms with Crippen molar-refractivity contribution in [2.45, 2.75) is 0 Å². The van der Waals surface area contributed by atoms with Crippen LogP contribution in [0, 0.1) is 11.3 Å². The summed E-state index contributed by atoms with van der Waals surface area (Å²) in [6.45, 7) is 1.82. The summed E-state index contributed by atoms with van der Waals surface area (Å²) in [6, 6.07) is 7.12. The van der Waals surface area contributed by atoms with Gasteiger partial charge in [0.2, 0.25) is 0 Å². The lowest BCUT2D eigenvalue weighted by Crippen LogP contribution is -2.08. The van der Waals surface area contributed by atoms with Crippen molar-refractivity contribution >= 4 is 0 Å². The molecule has 0 unspecified atom stereocenters. The van der Waals surface area contributed by atoms with E-state index in [0.29, 0.717) is 43.5 Å². The zero-order valence-electron chi connectivity index (χ0n) is 10.6. The maximum absolute atomic E-state index is 8.85. The molecule has 0 saturated carbocycles. The number of hydrogen-bond acceptors (Lipinski definition) is 5. The van der Waals surface area contributed by atoms with Gasteiger partial charge in [-0.3, -0.25) is 0 Å². The van der Waals surface area contributed by atoms with Crippen LogP contribution in [0.1, 0.15) is 5.56 Å². The third-order valence-electron chi connectivity index (χ3n) is 2.16. The first kappa shape index (κ1) is 14.3. The Balaban J connectivity index is 2.70. The fraction of sp³-hybridized carbons (Fsp3) is 0.462. The summed E-state index contributed by atoms with van der Waals surface area (Å²) in [4.78, 5) is 0. The minimum atomic E-state index is 0.409. The van der Waals surface area contributed by atoms with Crippen LogP contribution >= 0.6 is 0 Å². The summed E-state index contributed by atoms with van der Waals surface area (Å²) in [5, 5.41) is 8.85. The van der Waals surface area contributed by atoms with Crippen LogP contribution in [0.15, 0.2) is 18.2 Å². The van der Waals surface area contributed by atoms with E-state index in [0.717, 1.165) is 0 Å². The van der Waals surface area contributed by atoms with Gasteiger partial charge in [0.15, 0.2) is 11.5 Å². The average molecular weight is 251 g/mol. The molecule has 0 heterocycles. The second kappa shape index (κ2) is 8.34. The van der Waals surface area contributed by atoms with E-state index < -0.39 is 0 Å². The Bertz CT molecular complexity index is 400. The Morgan fingerprint density at radius 3 is 2.11 bits per heavy atom. The van der Waals surface area contributed by atoms with Crippen molar-refractivity contribution in [2.75, 3.05) is 40.6 Å². The van der Waals surface area contributed by atoms with Gasteiger partial charge < -0.3 is 18.9 Å². The molecule has 5 heteroatoms. The molecule has 0 N–H and O–H groups in total. The van der Waals surface area contributed by atoms with E-state index in [2.05, 4.69) is 6.07 Å². The number of nitrogens with zero attached hydrogens (tertiary/aromatic N) is 1. The smallest absolute Gasteiger partial charge is 0.162 e. The molecule has 1 aromatic carbocycles. The molecule has 1 aromatic rings. The monoisotopic (exact) mass is 251 g/mol. The molecule has 1 rings (SSSR count). The zero-order valence-corrected chi connectivity index (χ0v) is 10.6. The molecule has 5 nitrogen and oxygen atoms in total. The summed E-state index contributed by atoms with van der Waals surface area (Å²) < 4.78 is 20.8. The highest BCUT2D eigenvalue weighted by Crippen LogP contribution is 2.28. The van der Waals surface area contributed by atoms with Gasteiger partial charge in [0.1, 0.15) is 13.2 Å². The van der Waals surface area contributed by atoms with E-state index in [9.17, 15) is 0 Å². The van der Waals surface area contributed by atoms with Crippen LogP contribution in [0.3, 0.4) is 0 Å². The summed E-state index contributed by atoms with van der Waals surface area (Å²) in [5.74, 6) is 1.14. The van der Waals surface area contributed by atoms with Crippen molar-refractivity contribution in [1.29, 1.82) is 5.26 Å². The topological polar surface area (TPSA) is 60.7 Å². The maximum Gasteiger partial charge on any atom is 0.162 e. The fourth-order valence-corrected chi connectivity index (χ4v) is 1.28. The minimum absolute atomic E-state index is 0.409. The highest BCUT2D eigenvalue weighted by atomic mass is 16.5. The average Bonchev–Trinajstić information content (AvgIpc) is 2.40. The van der Waals surface area contributed by atoms with Gasteiger partial charge in [-0.2, -0.15) is 5.26 Å². The highest BCUT2D eigenvalue weighted by molar-refractivity contribution is 5.46. The van der Waals surface area contributed by atoms with E-state index in [1.54, 1.807) is 32.4 Å². The van der Waals surface area contributed by atoms with Crippen molar-refractivity contribution in [3.8, 4) is 17.6 Å². The first-order valence-corrected chi connectivity index (χ1v) is 5.59. The Morgan fingerprint density at radius 2 is 1.56 bits per heavy atom. The molecule has 0 atom stereocenters. The number of methoxy groups -OCH3 is 2. The quantitative estimate of drug-likeness (QED) is 0.657.